The normalized spacial score (nSPS) is 22.3. The monoisotopic (exact) mass is 298 g/mol. The van der Waals surface area contributed by atoms with Gasteiger partial charge in [-0.3, -0.25) is 4.79 Å². The first-order chi connectivity index (χ1) is 9.88. The van der Waals surface area contributed by atoms with Crippen LogP contribution in [0.25, 0.3) is 0 Å². The van der Waals surface area contributed by atoms with Gasteiger partial charge in [0.1, 0.15) is 5.54 Å². The van der Waals surface area contributed by atoms with Gasteiger partial charge in [-0.1, -0.05) is 0 Å². The summed E-state index contributed by atoms with van der Waals surface area (Å²) in [6.45, 7) is 2.43. The number of hydrogen-bond acceptors (Lipinski definition) is 4. The van der Waals surface area contributed by atoms with E-state index in [9.17, 15) is 19.5 Å². The van der Waals surface area contributed by atoms with Crippen LogP contribution >= 0.6 is 0 Å². The Labute approximate surface area is 123 Å². The standard InChI is InChI=1S/C14H22N2O5/c1-14(12(18)19,10-3-4-10)15-13(20)16-7-5-9(6-8-16)11(17)21-2/h9-10H,3-8H2,1-2H3,(H,15,20)(H,18,19). The number of carbonyl (C=O) groups excluding carboxylic acids is 2. The van der Waals surface area contributed by atoms with Gasteiger partial charge in [0.2, 0.25) is 0 Å². The van der Waals surface area contributed by atoms with Gasteiger partial charge in [0.05, 0.1) is 13.0 Å². The van der Waals surface area contributed by atoms with E-state index in [0.29, 0.717) is 25.9 Å². The number of urea groups is 1. The average molecular weight is 298 g/mol. The van der Waals surface area contributed by atoms with E-state index >= 15 is 0 Å². The molecule has 2 amide bonds. The predicted molar refractivity (Wildman–Crippen MR) is 73.6 cm³/mol. The van der Waals surface area contributed by atoms with Crippen LogP contribution in [0.4, 0.5) is 4.79 Å². The largest absolute Gasteiger partial charge is 0.480 e. The molecule has 1 aliphatic carbocycles. The third-order valence-corrected chi connectivity index (χ3v) is 4.52. The van der Waals surface area contributed by atoms with Crippen LogP contribution in [-0.2, 0) is 14.3 Å². The third kappa shape index (κ3) is 3.28. The number of nitrogens with zero attached hydrogens (tertiary/aromatic N) is 1. The Hall–Kier alpha value is -1.79. The van der Waals surface area contributed by atoms with E-state index in [1.54, 1.807) is 11.8 Å². The molecule has 1 unspecified atom stereocenters. The fourth-order valence-electron chi connectivity index (χ4n) is 2.78. The summed E-state index contributed by atoms with van der Waals surface area (Å²) in [6, 6.07) is -0.366. The lowest BCUT2D eigenvalue weighted by atomic mass is 9.95. The van der Waals surface area contributed by atoms with Crippen molar-refractivity contribution >= 4 is 18.0 Å². The van der Waals surface area contributed by atoms with Crippen molar-refractivity contribution in [2.75, 3.05) is 20.2 Å². The first kappa shape index (κ1) is 15.6. The Bertz CT molecular complexity index is 441. The topological polar surface area (TPSA) is 95.9 Å². The zero-order valence-electron chi connectivity index (χ0n) is 12.4. The SMILES string of the molecule is COC(=O)C1CCN(C(=O)NC(C)(C(=O)O)C2CC2)CC1. The van der Waals surface area contributed by atoms with E-state index < -0.39 is 11.5 Å². The number of rotatable bonds is 4. The van der Waals surface area contributed by atoms with Gasteiger partial charge in [0.25, 0.3) is 0 Å². The lowest BCUT2D eigenvalue weighted by molar-refractivity contribution is -0.146. The lowest BCUT2D eigenvalue weighted by Gasteiger charge is -2.34. The number of ether oxygens (including phenoxy) is 1. The number of esters is 1. The van der Waals surface area contributed by atoms with Crippen LogP contribution in [-0.4, -0.2) is 53.7 Å². The highest BCUT2D eigenvalue weighted by Gasteiger charge is 2.49. The second-order valence-corrected chi connectivity index (χ2v) is 6.00. The molecular formula is C14H22N2O5. The molecular weight excluding hydrogens is 276 g/mol. The van der Waals surface area contributed by atoms with Gasteiger partial charge in [-0.15, -0.1) is 0 Å². The van der Waals surface area contributed by atoms with E-state index in [1.165, 1.54) is 7.11 Å². The van der Waals surface area contributed by atoms with Gasteiger partial charge in [0.15, 0.2) is 0 Å². The van der Waals surface area contributed by atoms with Gasteiger partial charge in [-0.25, -0.2) is 9.59 Å². The summed E-state index contributed by atoms with van der Waals surface area (Å²) in [7, 11) is 1.36. The maximum absolute atomic E-state index is 12.2. The molecule has 1 saturated carbocycles. The van der Waals surface area contributed by atoms with Crippen molar-refractivity contribution in [2.45, 2.75) is 38.1 Å². The number of carboxylic acid groups (broad SMARTS) is 1. The minimum Gasteiger partial charge on any atom is -0.480 e. The molecule has 0 spiro atoms. The summed E-state index contributed by atoms with van der Waals surface area (Å²) in [5.74, 6) is -1.41. The van der Waals surface area contributed by atoms with Crippen molar-refractivity contribution < 1.29 is 24.2 Å². The number of amides is 2. The summed E-state index contributed by atoms with van der Waals surface area (Å²) in [5, 5.41) is 12.0. The van der Waals surface area contributed by atoms with E-state index in [4.69, 9.17) is 4.74 Å². The molecule has 7 nitrogen and oxygen atoms in total. The zero-order valence-corrected chi connectivity index (χ0v) is 12.4. The van der Waals surface area contributed by atoms with Crippen LogP contribution in [0, 0.1) is 11.8 Å². The number of hydrogen-bond donors (Lipinski definition) is 2. The summed E-state index contributed by atoms with van der Waals surface area (Å²) < 4.78 is 4.70. The number of methoxy groups -OCH3 is 1. The average Bonchev–Trinajstić information content (AvgIpc) is 3.31. The van der Waals surface area contributed by atoms with Gasteiger partial charge >= 0.3 is 18.0 Å². The fraction of sp³-hybridized carbons (Fsp3) is 0.786. The quantitative estimate of drug-likeness (QED) is 0.750. The number of piperidine rings is 1. The van der Waals surface area contributed by atoms with Crippen molar-refractivity contribution in [3.63, 3.8) is 0 Å². The predicted octanol–water partition coefficient (Wildman–Crippen LogP) is 0.834. The Morgan fingerprint density at radius 3 is 2.19 bits per heavy atom. The van der Waals surface area contributed by atoms with Crippen LogP contribution < -0.4 is 5.32 Å². The molecule has 1 heterocycles. The van der Waals surface area contributed by atoms with Crippen LogP contribution in [0.5, 0.6) is 0 Å². The van der Waals surface area contributed by atoms with Gasteiger partial charge in [-0.05, 0) is 38.5 Å². The Balaban J connectivity index is 1.90. The Morgan fingerprint density at radius 1 is 1.19 bits per heavy atom. The van der Waals surface area contributed by atoms with E-state index in [2.05, 4.69) is 5.32 Å². The molecule has 2 rings (SSSR count). The van der Waals surface area contributed by atoms with Crippen molar-refractivity contribution in [3.05, 3.63) is 0 Å². The van der Waals surface area contributed by atoms with Crippen molar-refractivity contribution in [3.8, 4) is 0 Å². The first-order valence-corrected chi connectivity index (χ1v) is 7.26. The number of nitrogens with one attached hydrogen (secondary N) is 1. The molecule has 1 saturated heterocycles. The highest BCUT2D eigenvalue weighted by atomic mass is 16.5. The molecule has 0 aromatic heterocycles. The molecule has 21 heavy (non-hydrogen) atoms. The molecule has 7 heteroatoms. The summed E-state index contributed by atoms with van der Waals surface area (Å²) in [4.78, 5) is 36.7. The van der Waals surface area contributed by atoms with E-state index in [0.717, 1.165) is 12.8 Å². The second-order valence-electron chi connectivity index (χ2n) is 6.00. The smallest absolute Gasteiger partial charge is 0.329 e. The molecule has 0 aromatic carbocycles. The zero-order chi connectivity index (χ0) is 15.6. The van der Waals surface area contributed by atoms with Gasteiger partial charge in [0, 0.05) is 13.1 Å². The summed E-state index contributed by atoms with van der Waals surface area (Å²) in [6.07, 6.45) is 2.75. The molecule has 0 aromatic rings. The Kier molecular flexibility index (Phi) is 4.39. The molecule has 1 aliphatic heterocycles. The van der Waals surface area contributed by atoms with Crippen LogP contribution in [0.1, 0.15) is 32.6 Å². The van der Waals surface area contributed by atoms with Crippen LogP contribution in [0.15, 0.2) is 0 Å². The number of carboxylic acids is 1. The van der Waals surface area contributed by atoms with E-state index in [-0.39, 0.29) is 23.8 Å². The van der Waals surface area contributed by atoms with Gasteiger partial charge < -0.3 is 20.1 Å². The lowest BCUT2D eigenvalue weighted by Crippen LogP contribution is -2.58. The number of likely N-dealkylation sites (tertiary alicyclic amines) is 1. The highest BCUT2D eigenvalue weighted by molar-refractivity contribution is 5.86. The molecule has 1 atom stereocenters. The summed E-state index contributed by atoms with van der Waals surface area (Å²) in [5.41, 5.74) is -1.20. The minimum absolute atomic E-state index is 0.00607. The molecule has 2 fully saturated rings. The summed E-state index contributed by atoms with van der Waals surface area (Å²) >= 11 is 0. The van der Waals surface area contributed by atoms with Crippen LogP contribution in [0.2, 0.25) is 0 Å². The van der Waals surface area contributed by atoms with Crippen molar-refractivity contribution in [1.29, 1.82) is 0 Å². The van der Waals surface area contributed by atoms with E-state index in [1.807, 2.05) is 0 Å². The number of carbonyl (C=O) groups is 3. The Morgan fingerprint density at radius 2 is 1.76 bits per heavy atom. The van der Waals surface area contributed by atoms with Crippen molar-refractivity contribution in [2.24, 2.45) is 11.8 Å². The van der Waals surface area contributed by atoms with Crippen molar-refractivity contribution in [1.82, 2.24) is 10.2 Å². The maximum atomic E-state index is 12.2. The minimum atomic E-state index is -1.20. The molecule has 118 valence electrons. The molecule has 0 bridgehead atoms. The second kappa shape index (κ2) is 5.91. The van der Waals surface area contributed by atoms with Gasteiger partial charge in [-0.2, -0.15) is 0 Å². The molecule has 2 aliphatic rings. The first-order valence-electron chi connectivity index (χ1n) is 7.26. The fourth-order valence-corrected chi connectivity index (χ4v) is 2.78. The van der Waals surface area contributed by atoms with Crippen LogP contribution in [0.3, 0.4) is 0 Å². The number of aliphatic carboxylic acids is 1. The third-order valence-electron chi connectivity index (χ3n) is 4.52. The maximum Gasteiger partial charge on any atom is 0.329 e. The highest BCUT2D eigenvalue weighted by Crippen LogP contribution is 2.39. The molecule has 0 radical (unpaired) electrons. The molecule has 2 N–H and O–H groups in total.